The van der Waals surface area contributed by atoms with Gasteiger partial charge in [0, 0.05) is 11.5 Å². The highest BCUT2D eigenvalue weighted by atomic mass is 16.5. The van der Waals surface area contributed by atoms with E-state index < -0.39 is 28.7 Å². The number of nitrogens with one attached hydrogen (secondary N) is 1. The maximum absolute atomic E-state index is 12.1. The van der Waals surface area contributed by atoms with E-state index in [9.17, 15) is 19.2 Å². The molecule has 136 valence electrons. The van der Waals surface area contributed by atoms with Crippen molar-refractivity contribution in [2.45, 2.75) is 6.92 Å². The molecule has 0 amide bonds. The van der Waals surface area contributed by atoms with Crippen LogP contribution >= 0.6 is 0 Å². The molecule has 0 saturated carbocycles. The van der Waals surface area contributed by atoms with Crippen LogP contribution in [0.2, 0.25) is 0 Å². The summed E-state index contributed by atoms with van der Waals surface area (Å²) in [5.41, 5.74) is -1.09. The summed E-state index contributed by atoms with van der Waals surface area (Å²) in [5.74, 6) is -2.20. The van der Waals surface area contributed by atoms with Crippen molar-refractivity contribution in [2.24, 2.45) is 5.92 Å². The van der Waals surface area contributed by atoms with Crippen molar-refractivity contribution in [2.75, 3.05) is 13.7 Å². The molecule has 1 aromatic heterocycles. The fourth-order valence-electron chi connectivity index (χ4n) is 2.20. The molecule has 0 spiro atoms. The largest absolute Gasteiger partial charge is 0.485 e. The molecule has 26 heavy (non-hydrogen) atoms. The maximum atomic E-state index is 12.1. The molecule has 8 nitrogen and oxygen atoms in total. The van der Waals surface area contributed by atoms with Gasteiger partial charge in [-0.1, -0.05) is 12.2 Å². The van der Waals surface area contributed by atoms with Gasteiger partial charge in [-0.15, -0.1) is 0 Å². The second-order valence-corrected chi connectivity index (χ2v) is 5.44. The predicted molar refractivity (Wildman–Crippen MR) is 93.6 cm³/mol. The minimum Gasteiger partial charge on any atom is -0.485 e. The van der Waals surface area contributed by atoms with E-state index in [4.69, 9.17) is 9.84 Å². The lowest BCUT2D eigenvalue weighted by atomic mass is 10.2. The second-order valence-electron chi connectivity index (χ2n) is 5.44. The van der Waals surface area contributed by atoms with Crippen LogP contribution in [-0.2, 0) is 9.53 Å². The number of carboxylic acid groups (broad SMARTS) is 1. The Bertz CT molecular complexity index is 991. The Morgan fingerprint density at radius 3 is 2.62 bits per heavy atom. The number of esters is 1. The number of ether oxygens (including phenoxy) is 2. The highest BCUT2D eigenvalue weighted by Gasteiger charge is 2.10. The summed E-state index contributed by atoms with van der Waals surface area (Å²) >= 11 is 0. The summed E-state index contributed by atoms with van der Waals surface area (Å²) in [6, 6.07) is 4.71. The minimum atomic E-state index is -1.28. The van der Waals surface area contributed by atoms with E-state index in [0.29, 0.717) is 0 Å². The Labute approximate surface area is 147 Å². The quantitative estimate of drug-likeness (QED) is 0.589. The molecule has 1 atom stereocenters. The van der Waals surface area contributed by atoms with Gasteiger partial charge in [-0.25, -0.2) is 4.79 Å². The molecule has 0 aliphatic heterocycles. The highest BCUT2D eigenvalue weighted by Crippen LogP contribution is 2.12. The summed E-state index contributed by atoms with van der Waals surface area (Å²) in [7, 11) is 1.29. The molecular formula is C18H17NO7. The number of hydrogen-bond acceptors (Lipinski definition) is 6. The van der Waals surface area contributed by atoms with E-state index in [-0.39, 0.29) is 29.0 Å². The zero-order valence-electron chi connectivity index (χ0n) is 14.1. The standard InChI is InChI=1S/C18H17NO7/c1-10(18(24)25-2)4-3-7-26-16-8-11-12(5-6-14(16)20)19-13(17(22)23)9-15(11)21/h3-6,8-10H,7H2,1-2H3,(H,19,21)(H,22,23)/b4-3+. The van der Waals surface area contributed by atoms with Crippen molar-refractivity contribution in [1.29, 1.82) is 0 Å². The zero-order chi connectivity index (χ0) is 19.3. The van der Waals surface area contributed by atoms with Crippen molar-refractivity contribution in [3.8, 4) is 5.75 Å². The highest BCUT2D eigenvalue weighted by molar-refractivity contribution is 5.89. The van der Waals surface area contributed by atoms with Gasteiger partial charge in [-0.05, 0) is 25.1 Å². The van der Waals surface area contributed by atoms with Crippen LogP contribution in [0.1, 0.15) is 17.4 Å². The second kappa shape index (κ2) is 8.11. The smallest absolute Gasteiger partial charge is 0.352 e. The Hall–Kier alpha value is -3.42. The number of aromatic nitrogens is 1. The Kier molecular flexibility index (Phi) is 5.90. The Balaban J connectivity index is 2.31. The number of carboxylic acids is 1. The summed E-state index contributed by atoms with van der Waals surface area (Å²) < 4.78 is 9.97. The summed E-state index contributed by atoms with van der Waals surface area (Å²) in [6.45, 7) is 1.66. The van der Waals surface area contributed by atoms with Gasteiger partial charge in [-0.3, -0.25) is 14.4 Å². The number of methoxy groups -OCH3 is 1. The lowest BCUT2D eigenvalue weighted by molar-refractivity contribution is -0.143. The predicted octanol–water partition coefficient (Wildman–Crippen LogP) is 1.33. The van der Waals surface area contributed by atoms with Crippen LogP contribution in [-0.4, -0.2) is 35.7 Å². The van der Waals surface area contributed by atoms with Gasteiger partial charge in [0.15, 0.2) is 11.2 Å². The normalized spacial score (nSPS) is 12.1. The number of fused-ring (bicyclic) bond motifs is 1. The first-order valence-electron chi connectivity index (χ1n) is 7.65. The van der Waals surface area contributed by atoms with Crippen LogP contribution in [0.25, 0.3) is 10.9 Å². The third-order valence-electron chi connectivity index (χ3n) is 3.58. The molecule has 0 radical (unpaired) electrons. The average Bonchev–Trinajstić information content (AvgIpc) is 2.77. The van der Waals surface area contributed by atoms with Crippen LogP contribution in [0.15, 0.2) is 46.0 Å². The molecule has 1 unspecified atom stereocenters. The minimum absolute atomic E-state index is 0.00714. The van der Waals surface area contributed by atoms with Crippen LogP contribution in [0.4, 0.5) is 0 Å². The summed E-state index contributed by atoms with van der Waals surface area (Å²) in [4.78, 5) is 49.1. The number of H-pyrrole nitrogens is 1. The molecule has 2 N–H and O–H groups in total. The van der Waals surface area contributed by atoms with Gasteiger partial charge in [0.25, 0.3) is 0 Å². The van der Waals surface area contributed by atoms with Crippen LogP contribution in [0.3, 0.4) is 0 Å². The van der Waals surface area contributed by atoms with Gasteiger partial charge in [0.2, 0.25) is 5.43 Å². The molecular weight excluding hydrogens is 342 g/mol. The molecule has 2 rings (SSSR count). The number of aromatic amines is 1. The van der Waals surface area contributed by atoms with E-state index in [1.807, 2.05) is 0 Å². The molecule has 0 fully saturated rings. The number of carbonyl (C=O) groups is 2. The maximum Gasteiger partial charge on any atom is 0.352 e. The van der Waals surface area contributed by atoms with E-state index in [1.54, 1.807) is 19.1 Å². The van der Waals surface area contributed by atoms with Gasteiger partial charge < -0.3 is 19.6 Å². The fraction of sp³-hybridized carbons (Fsp3) is 0.222. The van der Waals surface area contributed by atoms with Gasteiger partial charge in [-0.2, -0.15) is 0 Å². The monoisotopic (exact) mass is 359 g/mol. The summed E-state index contributed by atoms with van der Waals surface area (Å²) in [5, 5.41) is 9.11. The third kappa shape index (κ3) is 4.35. The van der Waals surface area contributed by atoms with Crippen molar-refractivity contribution in [3.05, 3.63) is 62.6 Å². The van der Waals surface area contributed by atoms with Crippen LogP contribution in [0, 0.1) is 5.92 Å². The summed E-state index contributed by atoms with van der Waals surface area (Å²) in [6.07, 6.45) is 3.13. The Morgan fingerprint density at radius 1 is 1.23 bits per heavy atom. The number of aromatic carboxylic acids is 1. The van der Waals surface area contributed by atoms with Crippen molar-refractivity contribution >= 4 is 22.8 Å². The number of pyridine rings is 1. The Morgan fingerprint density at radius 2 is 1.96 bits per heavy atom. The van der Waals surface area contributed by atoms with Crippen LogP contribution < -0.4 is 15.6 Å². The van der Waals surface area contributed by atoms with E-state index in [1.165, 1.54) is 25.3 Å². The van der Waals surface area contributed by atoms with Crippen molar-refractivity contribution in [3.63, 3.8) is 0 Å². The molecule has 0 bridgehead atoms. The lowest BCUT2D eigenvalue weighted by Crippen LogP contribution is -2.11. The average molecular weight is 359 g/mol. The van der Waals surface area contributed by atoms with E-state index in [2.05, 4.69) is 9.72 Å². The SMILES string of the molecule is COC(=O)C(C)/C=C/COc1cc2c(=O)cc(C(=O)O)[nH]c2ccc1=O. The van der Waals surface area contributed by atoms with E-state index in [0.717, 1.165) is 6.07 Å². The molecule has 1 aromatic carbocycles. The van der Waals surface area contributed by atoms with Gasteiger partial charge >= 0.3 is 11.9 Å². The fourth-order valence-corrected chi connectivity index (χ4v) is 2.20. The molecule has 2 aromatic rings. The van der Waals surface area contributed by atoms with E-state index >= 15 is 0 Å². The molecule has 0 aliphatic rings. The molecule has 8 heteroatoms. The first-order chi connectivity index (χ1) is 12.3. The number of rotatable bonds is 6. The van der Waals surface area contributed by atoms with Gasteiger partial charge in [0.05, 0.1) is 18.5 Å². The van der Waals surface area contributed by atoms with Crippen molar-refractivity contribution < 1.29 is 24.2 Å². The lowest BCUT2D eigenvalue weighted by Gasteiger charge is -2.03. The molecule has 0 aliphatic carbocycles. The number of hydrogen-bond donors (Lipinski definition) is 2. The zero-order valence-corrected chi connectivity index (χ0v) is 14.1. The van der Waals surface area contributed by atoms with Crippen molar-refractivity contribution in [1.82, 2.24) is 4.98 Å². The van der Waals surface area contributed by atoms with Gasteiger partial charge in [0.1, 0.15) is 12.3 Å². The first kappa shape index (κ1) is 18.9. The number of carbonyl (C=O) groups excluding carboxylic acids is 1. The first-order valence-corrected chi connectivity index (χ1v) is 7.65. The molecule has 0 saturated heterocycles. The van der Waals surface area contributed by atoms with Crippen LogP contribution in [0.5, 0.6) is 5.75 Å². The topological polar surface area (TPSA) is 123 Å². The third-order valence-corrected chi connectivity index (χ3v) is 3.58. The molecule has 1 heterocycles.